The molecule has 2 aromatic carbocycles. The quantitative estimate of drug-likeness (QED) is 0.675. The zero-order valence-corrected chi connectivity index (χ0v) is 16.6. The van der Waals surface area contributed by atoms with Gasteiger partial charge >= 0.3 is 0 Å². The third-order valence-electron chi connectivity index (χ3n) is 5.49. The van der Waals surface area contributed by atoms with Crippen molar-refractivity contribution in [2.24, 2.45) is 0 Å². The van der Waals surface area contributed by atoms with Crippen molar-refractivity contribution in [2.45, 2.75) is 56.0 Å². The normalized spacial score (nSPS) is 24.1. The van der Waals surface area contributed by atoms with Crippen LogP contribution in [0.25, 0.3) is 0 Å². The van der Waals surface area contributed by atoms with E-state index in [4.69, 9.17) is 0 Å². The Hall–Kier alpha value is -2.05. The summed E-state index contributed by atoms with van der Waals surface area (Å²) < 4.78 is 26.5. The van der Waals surface area contributed by atoms with Gasteiger partial charge in [-0.1, -0.05) is 57.0 Å². The largest absolute Gasteiger partial charge is 0.504 e. The first kappa shape index (κ1) is 19.7. The topological polar surface area (TPSA) is 86.6 Å². The average molecular weight is 390 g/mol. The van der Waals surface area contributed by atoms with Gasteiger partial charge in [0.1, 0.15) is 0 Å². The van der Waals surface area contributed by atoms with Gasteiger partial charge in [0.15, 0.2) is 21.3 Å². The number of unbranched alkanes of at least 4 members (excludes halogenated alkanes) is 1. The lowest BCUT2D eigenvalue weighted by molar-refractivity contribution is 0.294. The summed E-state index contributed by atoms with van der Waals surface area (Å²) in [5, 5.41) is 23.6. The molecule has 0 saturated carbocycles. The smallest absolute Gasteiger partial charge is 0.180 e. The summed E-state index contributed by atoms with van der Waals surface area (Å²) >= 11 is 0. The van der Waals surface area contributed by atoms with Gasteiger partial charge in [0.05, 0.1) is 16.7 Å². The van der Waals surface area contributed by atoms with Crippen LogP contribution in [0.3, 0.4) is 0 Å². The van der Waals surface area contributed by atoms with Gasteiger partial charge in [-0.25, -0.2) is 8.42 Å². The molecule has 2 atom stereocenters. The Balaban J connectivity index is 2.24. The van der Waals surface area contributed by atoms with E-state index < -0.39 is 21.1 Å². The first-order chi connectivity index (χ1) is 12.8. The van der Waals surface area contributed by atoms with Crippen LogP contribution in [0.1, 0.15) is 56.7 Å². The van der Waals surface area contributed by atoms with Gasteiger partial charge in [-0.15, -0.1) is 0 Å². The molecule has 0 amide bonds. The molecule has 3 N–H and O–H groups in total. The number of phenolic OH excluding ortho intramolecular Hbond substituents is 2. The maximum Gasteiger partial charge on any atom is 0.180 e. The molecule has 0 saturated heterocycles. The highest BCUT2D eigenvalue weighted by atomic mass is 32.2. The van der Waals surface area contributed by atoms with Gasteiger partial charge in [-0.05, 0) is 30.0 Å². The zero-order chi connectivity index (χ0) is 19.7. The van der Waals surface area contributed by atoms with Crippen LogP contribution in [0, 0.1) is 0 Å². The molecule has 0 radical (unpaired) electrons. The van der Waals surface area contributed by atoms with Crippen molar-refractivity contribution in [3.8, 4) is 11.5 Å². The fourth-order valence-corrected chi connectivity index (χ4v) is 6.03. The van der Waals surface area contributed by atoms with Crippen LogP contribution >= 0.6 is 0 Å². The van der Waals surface area contributed by atoms with Crippen LogP contribution in [0.5, 0.6) is 11.5 Å². The number of rotatable bonds is 5. The molecule has 5 nitrogen and oxygen atoms in total. The molecule has 2 aromatic rings. The summed E-state index contributed by atoms with van der Waals surface area (Å²) in [7, 11) is -3.64. The molecule has 0 aromatic heterocycles. The first-order valence-electron chi connectivity index (χ1n) is 9.43. The van der Waals surface area contributed by atoms with E-state index in [0.29, 0.717) is 12.0 Å². The standard InChI is InChI=1S/C21H27NO4S/c1-3-5-11-21(4-2)14-27(25,26)19-13-18(24)17(23)12-16(19)20(22-21)15-9-7-6-8-10-15/h6-10,12-13,20,22-24H,3-5,11,14H2,1-2H3/t20-,21+/m1/s1. The van der Waals surface area contributed by atoms with Gasteiger partial charge in [0, 0.05) is 11.6 Å². The summed E-state index contributed by atoms with van der Waals surface area (Å²) in [6, 6.07) is 11.8. The Morgan fingerprint density at radius 3 is 2.41 bits per heavy atom. The average Bonchev–Trinajstić information content (AvgIpc) is 2.75. The van der Waals surface area contributed by atoms with Crippen molar-refractivity contribution >= 4 is 9.84 Å². The molecule has 27 heavy (non-hydrogen) atoms. The van der Waals surface area contributed by atoms with E-state index in [-0.39, 0.29) is 22.4 Å². The van der Waals surface area contributed by atoms with Crippen molar-refractivity contribution in [2.75, 3.05) is 5.75 Å². The summed E-state index contributed by atoms with van der Waals surface area (Å²) in [4.78, 5) is 0.0889. The SMILES string of the molecule is CCCC[C@@]1(CC)CS(=O)(=O)c2cc(O)c(O)cc2[C@@H](c2ccccc2)N1. The molecule has 3 rings (SSSR count). The molecule has 1 heterocycles. The predicted octanol–water partition coefficient (Wildman–Crippen LogP) is 3.90. The molecule has 146 valence electrons. The van der Waals surface area contributed by atoms with E-state index in [0.717, 1.165) is 24.8 Å². The molecule has 6 heteroatoms. The lowest BCUT2D eigenvalue weighted by Gasteiger charge is -2.35. The van der Waals surface area contributed by atoms with E-state index in [9.17, 15) is 18.6 Å². The van der Waals surface area contributed by atoms with Crippen LogP contribution in [0.4, 0.5) is 0 Å². The van der Waals surface area contributed by atoms with E-state index in [2.05, 4.69) is 12.2 Å². The van der Waals surface area contributed by atoms with Gasteiger partial charge in [0.25, 0.3) is 0 Å². The second kappa shape index (κ2) is 7.52. The number of hydrogen-bond donors (Lipinski definition) is 3. The molecule has 1 aliphatic rings. The minimum atomic E-state index is -3.64. The Labute approximate surface area is 161 Å². The van der Waals surface area contributed by atoms with Crippen LogP contribution in [0.15, 0.2) is 47.4 Å². The van der Waals surface area contributed by atoms with Crippen molar-refractivity contribution in [3.63, 3.8) is 0 Å². The van der Waals surface area contributed by atoms with Crippen molar-refractivity contribution < 1.29 is 18.6 Å². The number of nitrogens with one attached hydrogen (secondary N) is 1. The third kappa shape index (κ3) is 3.82. The van der Waals surface area contributed by atoms with Gasteiger partial charge in [0.2, 0.25) is 0 Å². The van der Waals surface area contributed by atoms with Crippen molar-refractivity contribution in [1.82, 2.24) is 5.32 Å². The Morgan fingerprint density at radius 1 is 1.11 bits per heavy atom. The Bertz CT molecular complexity index is 911. The van der Waals surface area contributed by atoms with E-state index >= 15 is 0 Å². The highest BCUT2D eigenvalue weighted by Crippen LogP contribution is 2.42. The maximum absolute atomic E-state index is 13.2. The predicted molar refractivity (Wildman–Crippen MR) is 106 cm³/mol. The molecular weight excluding hydrogens is 362 g/mol. The highest BCUT2D eigenvalue weighted by molar-refractivity contribution is 7.91. The molecule has 0 aliphatic carbocycles. The summed E-state index contributed by atoms with van der Waals surface area (Å²) in [5.41, 5.74) is 0.832. The van der Waals surface area contributed by atoms with Crippen molar-refractivity contribution in [1.29, 1.82) is 0 Å². The van der Waals surface area contributed by atoms with E-state index in [1.165, 1.54) is 12.1 Å². The molecule has 0 spiro atoms. The monoisotopic (exact) mass is 389 g/mol. The Morgan fingerprint density at radius 2 is 1.78 bits per heavy atom. The molecule has 1 aliphatic heterocycles. The van der Waals surface area contributed by atoms with Crippen LogP contribution in [-0.2, 0) is 9.84 Å². The third-order valence-corrected chi connectivity index (χ3v) is 7.44. The number of sulfone groups is 1. The van der Waals surface area contributed by atoms with E-state index in [1.54, 1.807) is 0 Å². The molecular formula is C21H27NO4S. The van der Waals surface area contributed by atoms with Crippen LogP contribution in [0.2, 0.25) is 0 Å². The molecule has 0 bridgehead atoms. The zero-order valence-electron chi connectivity index (χ0n) is 15.8. The van der Waals surface area contributed by atoms with Gasteiger partial charge in [-0.3, -0.25) is 5.32 Å². The lowest BCUT2D eigenvalue weighted by atomic mass is 9.88. The minimum absolute atomic E-state index is 0.0307. The van der Waals surface area contributed by atoms with Gasteiger partial charge in [-0.2, -0.15) is 0 Å². The number of fused-ring (bicyclic) bond motifs is 1. The fraction of sp³-hybridized carbons (Fsp3) is 0.429. The number of phenols is 2. The van der Waals surface area contributed by atoms with Gasteiger partial charge < -0.3 is 10.2 Å². The summed E-state index contributed by atoms with van der Waals surface area (Å²) in [6.07, 6.45) is 3.31. The minimum Gasteiger partial charge on any atom is -0.504 e. The number of aromatic hydroxyl groups is 2. The first-order valence-corrected chi connectivity index (χ1v) is 11.1. The van der Waals surface area contributed by atoms with E-state index in [1.807, 2.05) is 37.3 Å². The maximum atomic E-state index is 13.2. The summed E-state index contributed by atoms with van der Waals surface area (Å²) in [6.45, 7) is 4.10. The molecule has 0 unspecified atom stereocenters. The molecule has 0 fully saturated rings. The summed E-state index contributed by atoms with van der Waals surface area (Å²) in [5.74, 6) is -0.761. The van der Waals surface area contributed by atoms with Crippen LogP contribution in [-0.4, -0.2) is 29.9 Å². The second-order valence-electron chi connectivity index (χ2n) is 7.36. The lowest BCUT2D eigenvalue weighted by Crippen LogP contribution is -2.50. The second-order valence-corrected chi connectivity index (χ2v) is 9.32. The van der Waals surface area contributed by atoms with Crippen LogP contribution < -0.4 is 5.32 Å². The fourth-order valence-electron chi connectivity index (χ4n) is 3.88. The highest BCUT2D eigenvalue weighted by Gasteiger charge is 2.42. The number of hydrogen-bond acceptors (Lipinski definition) is 5. The number of benzene rings is 2. The Kier molecular flexibility index (Phi) is 5.49. The van der Waals surface area contributed by atoms with Crippen molar-refractivity contribution in [3.05, 3.63) is 53.6 Å².